The van der Waals surface area contributed by atoms with Crippen LogP contribution in [0.1, 0.15) is 18.9 Å². The van der Waals surface area contributed by atoms with Crippen molar-refractivity contribution in [1.82, 2.24) is 0 Å². The summed E-state index contributed by atoms with van der Waals surface area (Å²) in [6, 6.07) is 15.2. The van der Waals surface area contributed by atoms with Crippen molar-refractivity contribution in [3.05, 3.63) is 58.1 Å². The zero-order valence-electron chi connectivity index (χ0n) is 14.2. The van der Waals surface area contributed by atoms with Gasteiger partial charge in [0.05, 0.1) is 28.7 Å². The van der Waals surface area contributed by atoms with E-state index in [0.717, 1.165) is 12.2 Å². The topological polar surface area (TPSA) is 119 Å². The second-order valence-corrected chi connectivity index (χ2v) is 5.27. The van der Waals surface area contributed by atoms with Gasteiger partial charge in [-0.3, -0.25) is 10.1 Å². The number of non-ortho nitro benzene ring substituents is 1. The summed E-state index contributed by atoms with van der Waals surface area (Å²) in [6.07, 6.45) is 0.451. The lowest BCUT2D eigenvalue weighted by Gasteiger charge is -2.21. The van der Waals surface area contributed by atoms with Crippen LogP contribution in [0.3, 0.4) is 0 Å². The first-order valence-electron chi connectivity index (χ1n) is 7.91. The van der Waals surface area contributed by atoms with Crippen molar-refractivity contribution < 1.29 is 4.92 Å². The van der Waals surface area contributed by atoms with E-state index in [-0.39, 0.29) is 16.9 Å². The van der Waals surface area contributed by atoms with Crippen LogP contribution in [-0.4, -0.2) is 18.0 Å². The Morgan fingerprint density at radius 2 is 1.88 bits per heavy atom. The molecule has 0 aromatic heterocycles. The SMILES string of the molecule is CCN(CCC#N)c1ccc(N=Nc2ccc([N+](=O)[O-])cc2C#N)cc1. The third-order valence-corrected chi connectivity index (χ3v) is 3.67. The molecule has 8 heteroatoms. The highest BCUT2D eigenvalue weighted by molar-refractivity contribution is 5.58. The van der Waals surface area contributed by atoms with Gasteiger partial charge < -0.3 is 4.90 Å². The van der Waals surface area contributed by atoms with Crippen LogP contribution in [0.2, 0.25) is 0 Å². The zero-order chi connectivity index (χ0) is 18.9. The van der Waals surface area contributed by atoms with Gasteiger partial charge in [0.25, 0.3) is 5.69 Å². The Morgan fingerprint density at radius 1 is 1.15 bits per heavy atom. The molecule has 2 aromatic rings. The van der Waals surface area contributed by atoms with Crippen LogP contribution in [0.5, 0.6) is 0 Å². The predicted molar refractivity (Wildman–Crippen MR) is 96.5 cm³/mol. The summed E-state index contributed by atoms with van der Waals surface area (Å²) in [5.41, 5.74) is 1.77. The molecule has 0 bridgehead atoms. The lowest BCUT2D eigenvalue weighted by molar-refractivity contribution is -0.384. The van der Waals surface area contributed by atoms with E-state index in [9.17, 15) is 10.1 Å². The summed E-state index contributed by atoms with van der Waals surface area (Å²) in [7, 11) is 0. The number of hydrogen-bond donors (Lipinski definition) is 0. The van der Waals surface area contributed by atoms with Gasteiger partial charge in [-0.2, -0.15) is 15.6 Å². The van der Waals surface area contributed by atoms with E-state index in [2.05, 4.69) is 21.2 Å². The molecule has 0 N–H and O–H groups in total. The standard InChI is InChI=1S/C18H16N6O2/c1-2-23(11-3-10-19)16-6-4-15(5-7-16)21-22-18-9-8-17(24(25)26)12-14(18)13-20/h4-9,12H,2-3,11H2,1H3. The molecule has 0 aliphatic rings. The smallest absolute Gasteiger partial charge is 0.270 e. The molecule has 0 heterocycles. The van der Waals surface area contributed by atoms with E-state index >= 15 is 0 Å². The van der Waals surface area contributed by atoms with Gasteiger partial charge in [-0.15, -0.1) is 5.11 Å². The van der Waals surface area contributed by atoms with Crippen LogP contribution in [0.15, 0.2) is 52.7 Å². The van der Waals surface area contributed by atoms with Gasteiger partial charge in [-0.05, 0) is 37.3 Å². The minimum absolute atomic E-state index is 0.0910. The molecule has 130 valence electrons. The molecule has 2 rings (SSSR count). The van der Waals surface area contributed by atoms with Gasteiger partial charge in [0, 0.05) is 30.9 Å². The van der Waals surface area contributed by atoms with E-state index in [0.29, 0.717) is 18.7 Å². The number of nitro groups is 1. The number of hydrogen-bond acceptors (Lipinski definition) is 7. The number of rotatable bonds is 7. The monoisotopic (exact) mass is 348 g/mol. The van der Waals surface area contributed by atoms with Crippen LogP contribution in [0, 0.1) is 32.8 Å². The highest BCUT2D eigenvalue weighted by Crippen LogP contribution is 2.27. The summed E-state index contributed by atoms with van der Waals surface area (Å²) < 4.78 is 0. The van der Waals surface area contributed by atoms with Crippen molar-refractivity contribution in [1.29, 1.82) is 10.5 Å². The summed E-state index contributed by atoms with van der Waals surface area (Å²) in [6.45, 7) is 3.46. The molecule has 0 saturated carbocycles. The second-order valence-electron chi connectivity index (χ2n) is 5.27. The Kier molecular flexibility index (Phi) is 6.35. The molecule has 0 spiro atoms. The van der Waals surface area contributed by atoms with E-state index < -0.39 is 4.92 Å². The molecule has 0 aliphatic carbocycles. The molecule has 0 saturated heterocycles. The fraction of sp³-hybridized carbons (Fsp3) is 0.222. The number of nitro benzene ring substituents is 1. The number of azo groups is 1. The van der Waals surface area contributed by atoms with Gasteiger partial charge in [-0.1, -0.05) is 0 Å². The van der Waals surface area contributed by atoms with Crippen molar-refractivity contribution in [2.75, 3.05) is 18.0 Å². The third kappa shape index (κ3) is 4.62. The molecule has 0 fully saturated rings. The van der Waals surface area contributed by atoms with Crippen LogP contribution >= 0.6 is 0 Å². The average Bonchev–Trinajstić information content (AvgIpc) is 2.67. The van der Waals surface area contributed by atoms with Gasteiger partial charge in [-0.25, -0.2) is 0 Å². The normalized spacial score (nSPS) is 10.3. The maximum atomic E-state index is 10.8. The molecule has 0 amide bonds. The van der Waals surface area contributed by atoms with Crippen molar-refractivity contribution in [2.24, 2.45) is 10.2 Å². The lowest BCUT2D eigenvalue weighted by Crippen LogP contribution is -2.23. The maximum absolute atomic E-state index is 10.8. The van der Waals surface area contributed by atoms with E-state index in [1.807, 2.05) is 25.1 Å². The molecule has 8 nitrogen and oxygen atoms in total. The summed E-state index contributed by atoms with van der Waals surface area (Å²) in [5, 5.41) is 36.7. The number of nitriles is 2. The van der Waals surface area contributed by atoms with E-state index in [1.54, 1.807) is 12.1 Å². The fourth-order valence-electron chi connectivity index (χ4n) is 2.31. The minimum Gasteiger partial charge on any atom is -0.371 e. The fourth-order valence-corrected chi connectivity index (χ4v) is 2.31. The lowest BCUT2D eigenvalue weighted by atomic mass is 10.2. The van der Waals surface area contributed by atoms with Gasteiger partial charge >= 0.3 is 0 Å². The quantitative estimate of drug-likeness (QED) is 0.411. The number of benzene rings is 2. The largest absolute Gasteiger partial charge is 0.371 e. The molecule has 0 aliphatic heterocycles. The number of anilines is 1. The predicted octanol–water partition coefficient (Wildman–Crippen LogP) is 4.62. The zero-order valence-corrected chi connectivity index (χ0v) is 14.2. The summed E-state index contributed by atoms with van der Waals surface area (Å²) in [4.78, 5) is 12.3. The Labute approximate surface area is 150 Å². The molecule has 0 radical (unpaired) electrons. The van der Waals surface area contributed by atoms with Crippen molar-refractivity contribution >= 4 is 22.7 Å². The Hall–Kier alpha value is -3.78. The second kappa shape index (κ2) is 8.90. The van der Waals surface area contributed by atoms with Gasteiger partial charge in [0.15, 0.2) is 0 Å². The Morgan fingerprint density at radius 3 is 2.46 bits per heavy atom. The van der Waals surface area contributed by atoms with Crippen LogP contribution in [-0.2, 0) is 0 Å². The molecule has 26 heavy (non-hydrogen) atoms. The highest BCUT2D eigenvalue weighted by Gasteiger charge is 2.10. The molecule has 0 atom stereocenters. The number of nitrogens with zero attached hydrogens (tertiary/aromatic N) is 6. The average molecular weight is 348 g/mol. The molecular formula is C18H16N6O2. The molecule has 0 unspecified atom stereocenters. The van der Waals surface area contributed by atoms with Crippen molar-refractivity contribution in [3.8, 4) is 12.1 Å². The van der Waals surface area contributed by atoms with Crippen molar-refractivity contribution in [3.63, 3.8) is 0 Å². The van der Waals surface area contributed by atoms with Crippen LogP contribution < -0.4 is 4.90 Å². The van der Waals surface area contributed by atoms with Gasteiger partial charge in [0.1, 0.15) is 11.8 Å². The minimum atomic E-state index is -0.563. The molecule has 2 aromatic carbocycles. The van der Waals surface area contributed by atoms with E-state index in [1.165, 1.54) is 18.2 Å². The third-order valence-electron chi connectivity index (χ3n) is 3.67. The van der Waals surface area contributed by atoms with Crippen LogP contribution in [0.25, 0.3) is 0 Å². The van der Waals surface area contributed by atoms with Gasteiger partial charge in [0.2, 0.25) is 0 Å². The first-order chi connectivity index (χ1) is 12.6. The van der Waals surface area contributed by atoms with Crippen molar-refractivity contribution in [2.45, 2.75) is 13.3 Å². The van der Waals surface area contributed by atoms with Crippen LogP contribution in [0.4, 0.5) is 22.7 Å². The molecular weight excluding hydrogens is 332 g/mol. The first-order valence-corrected chi connectivity index (χ1v) is 7.91. The van der Waals surface area contributed by atoms with E-state index in [4.69, 9.17) is 10.5 Å². The Bertz CT molecular complexity index is 893. The first kappa shape index (κ1) is 18.6. The summed E-state index contributed by atoms with van der Waals surface area (Å²) in [5.74, 6) is 0. The maximum Gasteiger partial charge on any atom is 0.270 e. The highest BCUT2D eigenvalue weighted by atomic mass is 16.6. The summed E-state index contributed by atoms with van der Waals surface area (Å²) >= 11 is 0. The Balaban J connectivity index is 2.17.